The van der Waals surface area contributed by atoms with Gasteiger partial charge in [-0.2, -0.15) is 4.98 Å². The average Bonchev–Trinajstić information content (AvgIpc) is 3.16. The summed E-state index contributed by atoms with van der Waals surface area (Å²) in [6.45, 7) is 14.5. The molecule has 1 aliphatic heterocycles. The number of benzene rings is 1. The van der Waals surface area contributed by atoms with Crippen LogP contribution in [0.4, 0.5) is 0 Å². The van der Waals surface area contributed by atoms with E-state index in [1.165, 1.54) is 5.56 Å². The molecule has 1 aliphatic rings. The molecular formula is C21H33IN6O. The molecule has 7 nitrogen and oxygen atoms in total. The predicted octanol–water partition coefficient (Wildman–Crippen LogP) is 3.27. The Balaban J connectivity index is 0.00000300. The highest BCUT2D eigenvalue weighted by Gasteiger charge is 2.22. The molecule has 0 radical (unpaired) electrons. The van der Waals surface area contributed by atoms with Gasteiger partial charge in [-0.3, -0.25) is 4.90 Å². The lowest BCUT2D eigenvalue weighted by Crippen LogP contribution is -2.52. The maximum atomic E-state index is 5.37. The van der Waals surface area contributed by atoms with Crippen LogP contribution in [0.3, 0.4) is 0 Å². The first-order valence-corrected chi connectivity index (χ1v) is 10.1. The number of nitrogens with zero attached hydrogens (tertiary/aromatic N) is 5. The minimum absolute atomic E-state index is 0. The van der Waals surface area contributed by atoms with Crippen molar-refractivity contribution in [2.75, 3.05) is 32.7 Å². The maximum Gasteiger partial charge on any atom is 0.232 e. The zero-order valence-electron chi connectivity index (χ0n) is 17.9. The van der Waals surface area contributed by atoms with Gasteiger partial charge in [0.2, 0.25) is 5.89 Å². The van der Waals surface area contributed by atoms with E-state index < -0.39 is 0 Å². The van der Waals surface area contributed by atoms with Gasteiger partial charge in [0.1, 0.15) is 6.54 Å². The van der Waals surface area contributed by atoms with Gasteiger partial charge in [-0.1, -0.05) is 56.3 Å². The molecule has 1 N–H and O–H groups in total. The molecule has 1 aromatic heterocycles. The van der Waals surface area contributed by atoms with Gasteiger partial charge in [0.05, 0.1) is 0 Å². The molecule has 29 heavy (non-hydrogen) atoms. The lowest BCUT2D eigenvalue weighted by Gasteiger charge is -2.36. The van der Waals surface area contributed by atoms with Crippen LogP contribution in [0.15, 0.2) is 39.8 Å². The smallest absolute Gasteiger partial charge is 0.232 e. The lowest BCUT2D eigenvalue weighted by molar-refractivity contribution is 0.172. The zero-order chi connectivity index (χ0) is 20.0. The fraction of sp³-hybridized carbons (Fsp3) is 0.571. The Kier molecular flexibility index (Phi) is 8.88. The van der Waals surface area contributed by atoms with Gasteiger partial charge in [0.15, 0.2) is 11.8 Å². The molecule has 0 bridgehead atoms. The van der Waals surface area contributed by atoms with Crippen molar-refractivity contribution >= 4 is 29.9 Å². The van der Waals surface area contributed by atoms with Crippen molar-refractivity contribution in [2.45, 2.75) is 46.2 Å². The van der Waals surface area contributed by atoms with E-state index in [9.17, 15) is 0 Å². The van der Waals surface area contributed by atoms with Gasteiger partial charge in [-0.05, 0) is 12.5 Å². The van der Waals surface area contributed by atoms with Crippen molar-refractivity contribution in [2.24, 2.45) is 4.99 Å². The number of aromatic nitrogens is 2. The van der Waals surface area contributed by atoms with Crippen molar-refractivity contribution in [1.82, 2.24) is 25.3 Å². The number of hydrogen-bond donors (Lipinski definition) is 1. The lowest BCUT2D eigenvalue weighted by atomic mass is 9.97. The number of halogens is 1. The Morgan fingerprint density at radius 3 is 2.41 bits per heavy atom. The average molecular weight is 512 g/mol. The number of piperazine rings is 1. The van der Waals surface area contributed by atoms with Gasteiger partial charge < -0.3 is 14.7 Å². The molecule has 1 aromatic carbocycles. The Labute approximate surface area is 191 Å². The van der Waals surface area contributed by atoms with Crippen molar-refractivity contribution < 1.29 is 4.52 Å². The van der Waals surface area contributed by atoms with E-state index in [4.69, 9.17) is 9.52 Å². The van der Waals surface area contributed by atoms with Crippen LogP contribution in [0.5, 0.6) is 0 Å². The summed E-state index contributed by atoms with van der Waals surface area (Å²) >= 11 is 0. The number of aliphatic imine (C=N–C) groups is 1. The SMILES string of the molecule is CCNC(=NCc1noc(C(C)(C)C)n1)N1CCN(Cc2ccccc2)CC1.I. The van der Waals surface area contributed by atoms with Gasteiger partial charge in [0.25, 0.3) is 0 Å². The summed E-state index contributed by atoms with van der Waals surface area (Å²) in [5.74, 6) is 2.20. The van der Waals surface area contributed by atoms with Gasteiger partial charge in [-0.25, -0.2) is 4.99 Å². The molecular weight excluding hydrogens is 479 g/mol. The Hall–Kier alpha value is -1.68. The van der Waals surface area contributed by atoms with Crippen LogP contribution in [0.2, 0.25) is 0 Å². The van der Waals surface area contributed by atoms with Crippen LogP contribution in [0, 0.1) is 0 Å². The van der Waals surface area contributed by atoms with Crippen molar-refractivity contribution in [3.63, 3.8) is 0 Å². The summed E-state index contributed by atoms with van der Waals surface area (Å²) in [4.78, 5) is 14.0. The molecule has 0 saturated carbocycles. The highest BCUT2D eigenvalue weighted by Crippen LogP contribution is 2.19. The quantitative estimate of drug-likeness (QED) is 0.377. The number of rotatable bonds is 5. The van der Waals surface area contributed by atoms with Crippen molar-refractivity contribution in [3.05, 3.63) is 47.6 Å². The molecule has 3 rings (SSSR count). The fourth-order valence-electron chi connectivity index (χ4n) is 3.15. The van der Waals surface area contributed by atoms with Crippen LogP contribution in [-0.2, 0) is 18.5 Å². The molecule has 2 heterocycles. The number of nitrogens with one attached hydrogen (secondary N) is 1. The molecule has 0 amide bonds. The maximum absolute atomic E-state index is 5.37. The van der Waals surface area contributed by atoms with E-state index in [0.29, 0.717) is 18.3 Å². The van der Waals surface area contributed by atoms with Crippen LogP contribution in [-0.4, -0.2) is 58.6 Å². The normalized spacial score (nSPS) is 15.9. The predicted molar refractivity (Wildman–Crippen MR) is 127 cm³/mol. The summed E-state index contributed by atoms with van der Waals surface area (Å²) in [6, 6.07) is 10.6. The minimum Gasteiger partial charge on any atom is -0.357 e. The topological polar surface area (TPSA) is 69.8 Å². The van der Waals surface area contributed by atoms with Gasteiger partial charge in [-0.15, -0.1) is 24.0 Å². The summed E-state index contributed by atoms with van der Waals surface area (Å²) in [5, 5.41) is 7.47. The first-order valence-electron chi connectivity index (χ1n) is 10.1. The van der Waals surface area contributed by atoms with E-state index in [-0.39, 0.29) is 29.4 Å². The monoisotopic (exact) mass is 512 g/mol. The Morgan fingerprint density at radius 2 is 1.83 bits per heavy atom. The molecule has 1 fully saturated rings. The Bertz CT molecular complexity index is 763. The van der Waals surface area contributed by atoms with E-state index in [1.54, 1.807) is 0 Å². The second kappa shape index (κ2) is 10.9. The largest absolute Gasteiger partial charge is 0.357 e. The molecule has 160 valence electrons. The van der Waals surface area contributed by atoms with Crippen molar-refractivity contribution in [3.8, 4) is 0 Å². The number of hydrogen-bond acceptors (Lipinski definition) is 5. The van der Waals surface area contributed by atoms with E-state index in [2.05, 4.69) is 83.3 Å². The van der Waals surface area contributed by atoms with E-state index >= 15 is 0 Å². The first kappa shape index (κ1) is 23.6. The highest BCUT2D eigenvalue weighted by atomic mass is 127. The fourth-order valence-corrected chi connectivity index (χ4v) is 3.15. The molecule has 0 aliphatic carbocycles. The third-order valence-corrected chi connectivity index (χ3v) is 4.74. The summed E-state index contributed by atoms with van der Waals surface area (Å²) in [6.07, 6.45) is 0. The standard InChI is InChI=1S/C21H32N6O.HI/c1-5-22-20(23-15-18-24-19(28-25-18)21(2,3)4)27-13-11-26(12-14-27)16-17-9-7-6-8-10-17;/h6-10H,5,11-16H2,1-4H3,(H,22,23);1H. The van der Waals surface area contributed by atoms with Crippen LogP contribution < -0.4 is 5.32 Å². The molecule has 0 spiro atoms. The summed E-state index contributed by atoms with van der Waals surface area (Å²) < 4.78 is 5.37. The minimum atomic E-state index is -0.144. The van der Waals surface area contributed by atoms with E-state index in [0.717, 1.165) is 45.2 Å². The second-order valence-electron chi connectivity index (χ2n) is 8.18. The molecule has 0 atom stereocenters. The van der Waals surface area contributed by atoms with Crippen LogP contribution >= 0.6 is 24.0 Å². The third kappa shape index (κ3) is 6.95. The van der Waals surface area contributed by atoms with E-state index in [1.807, 2.05) is 0 Å². The zero-order valence-corrected chi connectivity index (χ0v) is 20.2. The summed E-state index contributed by atoms with van der Waals surface area (Å²) in [7, 11) is 0. The number of guanidine groups is 1. The van der Waals surface area contributed by atoms with Crippen LogP contribution in [0.25, 0.3) is 0 Å². The van der Waals surface area contributed by atoms with Gasteiger partial charge in [0, 0.05) is 44.7 Å². The first-order chi connectivity index (χ1) is 13.5. The summed E-state index contributed by atoms with van der Waals surface area (Å²) in [5.41, 5.74) is 1.22. The molecule has 0 unspecified atom stereocenters. The molecule has 8 heteroatoms. The molecule has 2 aromatic rings. The Morgan fingerprint density at radius 1 is 1.14 bits per heavy atom. The van der Waals surface area contributed by atoms with Crippen molar-refractivity contribution in [1.29, 1.82) is 0 Å². The third-order valence-electron chi connectivity index (χ3n) is 4.74. The van der Waals surface area contributed by atoms with Crippen LogP contribution in [0.1, 0.15) is 45.0 Å². The highest BCUT2D eigenvalue weighted by molar-refractivity contribution is 14.0. The van der Waals surface area contributed by atoms with Gasteiger partial charge >= 0.3 is 0 Å². The second-order valence-corrected chi connectivity index (χ2v) is 8.18. The molecule has 1 saturated heterocycles.